The van der Waals surface area contributed by atoms with Gasteiger partial charge in [0.25, 0.3) is 0 Å². The minimum absolute atomic E-state index is 0.00534. The summed E-state index contributed by atoms with van der Waals surface area (Å²) in [5, 5.41) is 6.63. The first-order valence-electron chi connectivity index (χ1n) is 6.76. The van der Waals surface area contributed by atoms with Crippen LogP contribution < -0.4 is 20.1 Å². The third-order valence-electron chi connectivity index (χ3n) is 4.11. The highest BCUT2D eigenvalue weighted by Crippen LogP contribution is 2.40. The van der Waals surface area contributed by atoms with Crippen LogP contribution in [0.3, 0.4) is 0 Å². The van der Waals surface area contributed by atoms with Crippen molar-refractivity contribution in [2.45, 2.75) is 19.8 Å². The van der Waals surface area contributed by atoms with Gasteiger partial charge in [-0.15, -0.1) is 0 Å². The summed E-state index contributed by atoms with van der Waals surface area (Å²) in [6.45, 7) is 3.80. The van der Waals surface area contributed by atoms with E-state index in [0.717, 1.165) is 19.4 Å². The monoisotopic (exact) mass is 296 g/mol. The van der Waals surface area contributed by atoms with Crippen molar-refractivity contribution in [1.29, 1.82) is 0 Å². The number of anilines is 1. The van der Waals surface area contributed by atoms with Gasteiger partial charge >= 0.3 is 0 Å². The Morgan fingerprint density at radius 1 is 1.45 bits per heavy atom. The summed E-state index contributed by atoms with van der Waals surface area (Å²) < 4.78 is 10.6. The van der Waals surface area contributed by atoms with E-state index in [4.69, 9.17) is 21.1 Å². The van der Waals surface area contributed by atoms with Gasteiger partial charge in [-0.2, -0.15) is 0 Å². The number of carbonyl (C=O) groups excluding carboxylic acids is 1. The van der Waals surface area contributed by atoms with E-state index in [1.165, 1.54) is 0 Å². The molecule has 0 aliphatic carbocycles. The zero-order valence-electron chi connectivity index (χ0n) is 11.3. The molecule has 2 aliphatic heterocycles. The summed E-state index contributed by atoms with van der Waals surface area (Å²) in [5.41, 5.74) is 0.223. The molecule has 0 radical (unpaired) electrons. The molecule has 1 unspecified atom stereocenters. The largest absolute Gasteiger partial charge is 0.454 e. The lowest BCUT2D eigenvalue weighted by atomic mass is 9.83. The second kappa shape index (κ2) is 5.14. The molecule has 1 amide bonds. The molecule has 0 spiro atoms. The van der Waals surface area contributed by atoms with Gasteiger partial charge in [-0.05, 0) is 19.4 Å². The Hall–Kier alpha value is -1.46. The average Bonchev–Trinajstić information content (AvgIpc) is 3.07. The zero-order valence-corrected chi connectivity index (χ0v) is 12.0. The fraction of sp³-hybridized carbons (Fsp3) is 0.500. The Labute approximate surface area is 122 Å². The molecule has 2 N–H and O–H groups in total. The number of hydrogen-bond donors (Lipinski definition) is 2. The molecule has 5 nitrogen and oxygen atoms in total. The zero-order chi connectivity index (χ0) is 14.2. The second-order valence-electron chi connectivity index (χ2n) is 5.20. The summed E-state index contributed by atoms with van der Waals surface area (Å²) in [7, 11) is 0. The molecular formula is C14H17ClN2O3. The van der Waals surface area contributed by atoms with Crippen LogP contribution in [0.4, 0.5) is 5.69 Å². The molecule has 0 saturated carbocycles. The van der Waals surface area contributed by atoms with E-state index in [2.05, 4.69) is 10.6 Å². The van der Waals surface area contributed by atoms with Crippen molar-refractivity contribution < 1.29 is 14.3 Å². The highest BCUT2D eigenvalue weighted by molar-refractivity contribution is 6.34. The van der Waals surface area contributed by atoms with Gasteiger partial charge < -0.3 is 20.1 Å². The third kappa shape index (κ3) is 2.21. The van der Waals surface area contributed by atoms with E-state index in [0.29, 0.717) is 28.8 Å². The molecule has 2 heterocycles. The summed E-state index contributed by atoms with van der Waals surface area (Å²) >= 11 is 6.18. The maximum absolute atomic E-state index is 12.5. The topological polar surface area (TPSA) is 59.6 Å². The Morgan fingerprint density at radius 3 is 2.85 bits per heavy atom. The van der Waals surface area contributed by atoms with E-state index in [9.17, 15) is 4.79 Å². The van der Waals surface area contributed by atoms with Gasteiger partial charge in [0.05, 0.1) is 16.1 Å². The lowest BCUT2D eigenvalue weighted by Gasteiger charge is -2.25. The summed E-state index contributed by atoms with van der Waals surface area (Å²) in [6, 6.07) is 3.39. The van der Waals surface area contributed by atoms with E-state index in [1.807, 2.05) is 6.92 Å². The van der Waals surface area contributed by atoms with Crippen molar-refractivity contribution in [3.8, 4) is 11.5 Å². The SMILES string of the molecule is CCC1(C(=O)Nc2cc3c(cc2Cl)OCO3)CCNC1. The van der Waals surface area contributed by atoms with E-state index < -0.39 is 0 Å². The number of hydrogen-bond acceptors (Lipinski definition) is 4. The minimum Gasteiger partial charge on any atom is -0.454 e. The van der Waals surface area contributed by atoms with E-state index in [1.54, 1.807) is 12.1 Å². The number of nitrogens with one attached hydrogen (secondary N) is 2. The predicted molar refractivity (Wildman–Crippen MR) is 76.4 cm³/mol. The van der Waals surface area contributed by atoms with Crippen molar-refractivity contribution in [1.82, 2.24) is 5.32 Å². The van der Waals surface area contributed by atoms with Gasteiger partial charge in [0, 0.05) is 18.7 Å². The fourth-order valence-corrected chi connectivity index (χ4v) is 2.87. The quantitative estimate of drug-likeness (QED) is 0.899. The highest BCUT2D eigenvalue weighted by Gasteiger charge is 2.39. The number of ether oxygens (including phenoxy) is 2. The molecule has 20 heavy (non-hydrogen) atoms. The summed E-state index contributed by atoms with van der Waals surface area (Å²) in [5.74, 6) is 1.23. The van der Waals surface area contributed by atoms with Gasteiger partial charge in [-0.25, -0.2) is 0 Å². The average molecular weight is 297 g/mol. The number of carbonyl (C=O) groups is 1. The van der Waals surface area contributed by atoms with Crippen LogP contribution in [0.1, 0.15) is 19.8 Å². The van der Waals surface area contributed by atoms with Crippen LogP contribution in [0.5, 0.6) is 11.5 Å². The Kier molecular flexibility index (Phi) is 3.48. The molecule has 2 aliphatic rings. The first kappa shape index (κ1) is 13.5. The van der Waals surface area contributed by atoms with Crippen molar-refractivity contribution >= 4 is 23.2 Å². The molecule has 1 aromatic carbocycles. The number of amides is 1. The molecule has 108 valence electrons. The maximum atomic E-state index is 12.5. The molecular weight excluding hydrogens is 280 g/mol. The third-order valence-corrected chi connectivity index (χ3v) is 4.43. The van der Waals surface area contributed by atoms with Crippen LogP contribution in [0.25, 0.3) is 0 Å². The van der Waals surface area contributed by atoms with Crippen molar-refractivity contribution in [2.75, 3.05) is 25.2 Å². The lowest BCUT2D eigenvalue weighted by Crippen LogP contribution is -2.37. The number of rotatable bonds is 3. The van der Waals surface area contributed by atoms with Gasteiger partial charge in [-0.1, -0.05) is 18.5 Å². The van der Waals surface area contributed by atoms with Crippen LogP contribution in [0.15, 0.2) is 12.1 Å². The Morgan fingerprint density at radius 2 is 2.20 bits per heavy atom. The number of halogens is 1. The molecule has 1 aromatic rings. The van der Waals surface area contributed by atoms with E-state index >= 15 is 0 Å². The van der Waals surface area contributed by atoms with Crippen molar-refractivity contribution in [2.24, 2.45) is 5.41 Å². The minimum atomic E-state index is -0.348. The predicted octanol–water partition coefficient (Wildman–Crippen LogP) is 2.40. The van der Waals surface area contributed by atoms with Gasteiger partial charge in [0.1, 0.15) is 0 Å². The van der Waals surface area contributed by atoms with Crippen molar-refractivity contribution in [3.05, 3.63) is 17.2 Å². The van der Waals surface area contributed by atoms with Crippen LogP contribution in [0.2, 0.25) is 5.02 Å². The molecule has 1 fully saturated rings. The smallest absolute Gasteiger partial charge is 0.231 e. The Bertz CT molecular complexity index is 541. The molecule has 0 bridgehead atoms. The van der Waals surface area contributed by atoms with Crippen LogP contribution in [-0.4, -0.2) is 25.8 Å². The standard InChI is InChI=1S/C14H17ClN2O3/c1-2-14(3-4-16-7-14)13(18)17-10-6-12-11(5-9(10)15)19-8-20-12/h5-6,16H,2-4,7-8H2,1H3,(H,17,18). The highest BCUT2D eigenvalue weighted by atomic mass is 35.5. The van der Waals surface area contributed by atoms with Gasteiger partial charge in [0.15, 0.2) is 11.5 Å². The van der Waals surface area contributed by atoms with Crippen LogP contribution in [-0.2, 0) is 4.79 Å². The molecule has 6 heteroatoms. The first-order chi connectivity index (χ1) is 9.64. The van der Waals surface area contributed by atoms with Crippen LogP contribution in [0, 0.1) is 5.41 Å². The second-order valence-corrected chi connectivity index (χ2v) is 5.61. The Balaban J connectivity index is 1.82. The number of fused-ring (bicyclic) bond motifs is 1. The van der Waals surface area contributed by atoms with Gasteiger partial charge in [-0.3, -0.25) is 4.79 Å². The number of benzene rings is 1. The lowest BCUT2D eigenvalue weighted by molar-refractivity contribution is -0.124. The fourth-order valence-electron chi connectivity index (χ4n) is 2.67. The summed E-state index contributed by atoms with van der Waals surface area (Å²) in [6.07, 6.45) is 1.64. The van der Waals surface area contributed by atoms with E-state index in [-0.39, 0.29) is 18.1 Å². The first-order valence-corrected chi connectivity index (χ1v) is 7.14. The molecule has 3 rings (SSSR count). The summed E-state index contributed by atoms with van der Waals surface area (Å²) in [4.78, 5) is 12.5. The van der Waals surface area contributed by atoms with Gasteiger partial charge in [0.2, 0.25) is 12.7 Å². The van der Waals surface area contributed by atoms with Crippen LogP contribution >= 0.6 is 11.6 Å². The van der Waals surface area contributed by atoms with Crippen molar-refractivity contribution in [3.63, 3.8) is 0 Å². The maximum Gasteiger partial charge on any atom is 0.231 e. The molecule has 1 saturated heterocycles. The normalized spacial score (nSPS) is 23.9. The molecule has 1 atom stereocenters. The molecule has 0 aromatic heterocycles.